The third-order valence-corrected chi connectivity index (χ3v) is 4.20. The number of rotatable bonds is 6. The summed E-state index contributed by atoms with van der Waals surface area (Å²) in [5, 5.41) is 3.62. The summed E-state index contributed by atoms with van der Waals surface area (Å²) in [6, 6.07) is 6.95. The van der Waals surface area contributed by atoms with Gasteiger partial charge in [-0.2, -0.15) is 0 Å². The molecule has 100 valence electrons. The zero-order valence-electron chi connectivity index (χ0n) is 11.7. The molecule has 1 aliphatic rings. The van der Waals surface area contributed by atoms with Crippen LogP contribution in [0.2, 0.25) is 0 Å². The molecule has 0 radical (unpaired) electrons. The second-order valence-electron chi connectivity index (χ2n) is 5.69. The first-order valence-corrected chi connectivity index (χ1v) is 7.21. The molecule has 0 spiro atoms. The minimum absolute atomic E-state index is 0.311. The van der Waals surface area contributed by atoms with E-state index in [1.165, 1.54) is 42.4 Å². The van der Waals surface area contributed by atoms with E-state index in [2.05, 4.69) is 37.4 Å². The molecule has 0 bridgehead atoms. The summed E-state index contributed by atoms with van der Waals surface area (Å²) in [5.41, 5.74) is 9.94. The predicted octanol–water partition coefficient (Wildman–Crippen LogP) is 3.08. The second-order valence-corrected chi connectivity index (χ2v) is 5.69. The van der Waals surface area contributed by atoms with Gasteiger partial charge in [0.15, 0.2) is 0 Å². The number of benzene rings is 1. The SMILES string of the molecule is Cc1ccc(C(CN)NCCC2CCC2)c(C)c1. The molecule has 1 unspecified atom stereocenters. The standard InChI is InChI=1S/C16H26N2/c1-12-6-7-15(13(2)10-12)16(11-17)18-9-8-14-4-3-5-14/h6-7,10,14,16,18H,3-5,8-9,11,17H2,1-2H3. The van der Waals surface area contributed by atoms with Gasteiger partial charge in [-0.25, -0.2) is 0 Å². The van der Waals surface area contributed by atoms with Gasteiger partial charge in [-0.1, -0.05) is 43.0 Å². The molecule has 1 saturated carbocycles. The molecule has 2 rings (SSSR count). The monoisotopic (exact) mass is 246 g/mol. The van der Waals surface area contributed by atoms with E-state index in [0.717, 1.165) is 12.5 Å². The Balaban J connectivity index is 1.89. The molecule has 0 aromatic heterocycles. The van der Waals surface area contributed by atoms with Crippen molar-refractivity contribution in [2.24, 2.45) is 11.7 Å². The Morgan fingerprint density at radius 2 is 2.11 bits per heavy atom. The Morgan fingerprint density at radius 1 is 1.33 bits per heavy atom. The molecule has 3 N–H and O–H groups in total. The molecule has 1 aromatic carbocycles. The lowest BCUT2D eigenvalue weighted by atomic mass is 9.83. The van der Waals surface area contributed by atoms with Gasteiger partial charge in [-0.15, -0.1) is 0 Å². The number of nitrogens with one attached hydrogen (secondary N) is 1. The summed E-state index contributed by atoms with van der Waals surface area (Å²) in [6.45, 7) is 6.09. The average Bonchev–Trinajstić information content (AvgIpc) is 2.28. The molecular weight excluding hydrogens is 220 g/mol. The maximum Gasteiger partial charge on any atom is 0.0447 e. The molecule has 1 fully saturated rings. The van der Waals surface area contributed by atoms with E-state index in [1.54, 1.807) is 0 Å². The van der Waals surface area contributed by atoms with E-state index < -0.39 is 0 Å². The van der Waals surface area contributed by atoms with Crippen molar-refractivity contribution in [3.63, 3.8) is 0 Å². The van der Waals surface area contributed by atoms with Crippen LogP contribution in [0.1, 0.15) is 48.4 Å². The molecule has 1 aliphatic carbocycles. The van der Waals surface area contributed by atoms with Gasteiger partial charge in [0.05, 0.1) is 0 Å². The minimum Gasteiger partial charge on any atom is -0.329 e. The van der Waals surface area contributed by atoms with Gasteiger partial charge in [-0.3, -0.25) is 0 Å². The van der Waals surface area contributed by atoms with Gasteiger partial charge in [0, 0.05) is 12.6 Å². The Bertz CT molecular complexity index is 383. The zero-order chi connectivity index (χ0) is 13.0. The first-order valence-electron chi connectivity index (χ1n) is 7.21. The fourth-order valence-electron chi connectivity index (χ4n) is 2.78. The van der Waals surface area contributed by atoms with Gasteiger partial charge < -0.3 is 11.1 Å². The summed E-state index contributed by atoms with van der Waals surface area (Å²) in [6.07, 6.45) is 5.60. The van der Waals surface area contributed by atoms with Crippen molar-refractivity contribution >= 4 is 0 Å². The van der Waals surface area contributed by atoms with Crippen LogP contribution in [0.5, 0.6) is 0 Å². The van der Waals surface area contributed by atoms with Crippen LogP contribution in [0.3, 0.4) is 0 Å². The fraction of sp³-hybridized carbons (Fsp3) is 0.625. The van der Waals surface area contributed by atoms with Crippen molar-refractivity contribution < 1.29 is 0 Å². The van der Waals surface area contributed by atoms with Crippen LogP contribution in [0.25, 0.3) is 0 Å². The average molecular weight is 246 g/mol. The van der Waals surface area contributed by atoms with E-state index in [0.29, 0.717) is 12.6 Å². The van der Waals surface area contributed by atoms with Crippen LogP contribution < -0.4 is 11.1 Å². The molecule has 18 heavy (non-hydrogen) atoms. The van der Waals surface area contributed by atoms with E-state index in [-0.39, 0.29) is 0 Å². The Kier molecular flexibility index (Phi) is 4.79. The van der Waals surface area contributed by atoms with Crippen LogP contribution in [-0.4, -0.2) is 13.1 Å². The molecule has 0 aliphatic heterocycles. The lowest BCUT2D eigenvalue weighted by molar-refractivity contribution is 0.288. The van der Waals surface area contributed by atoms with Crippen LogP contribution in [0.4, 0.5) is 0 Å². The summed E-state index contributed by atoms with van der Waals surface area (Å²) >= 11 is 0. The highest BCUT2D eigenvalue weighted by Crippen LogP contribution is 2.29. The highest BCUT2D eigenvalue weighted by molar-refractivity contribution is 5.33. The maximum atomic E-state index is 5.91. The Labute approximate surface area is 111 Å². The Morgan fingerprint density at radius 3 is 2.67 bits per heavy atom. The molecule has 2 heteroatoms. The summed E-state index contributed by atoms with van der Waals surface area (Å²) in [5.74, 6) is 0.968. The summed E-state index contributed by atoms with van der Waals surface area (Å²) < 4.78 is 0. The smallest absolute Gasteiger partial charge is 0.0447 e. The molecule has 0 amide bonds. The molecular formula is C16H26N2. The molecule has 1 atom stereocenters. The first-order chi connectivity index (χ1) is 8.70. The van der Waals surface area contributed by atoms with E-state index in [9.17, 15) is 0 Å². The number of nitrogens with two attached hydrogens (primary N) is 1. The maximum absolute atomic E-state index is 5.91. The van der Waals surface area contributed by atoms with Crippen molar-refractivity contribution in [2.45, 2.75) is 45.6 Å². The van der Waals surface area contributed by atoms with Gasteiger partial charge >= 0.3 is 0 Å². The van der Waals surface area contributed by atoms with Crippen molar-refractivity contribution in [1.82, 2.24) is 5.32 Å². The van der Waals surface area contributed by atoms with Crippen LogP contribution in [-0.2, 0) is 0 Å². The van der Waals surface area contributed by atoms with E-state index >= 15 is 0 Å². The summed E-state index contributed by atoms with van der Waals surface area (Å²) in [7, 11) is 0. The summed E-state index contributed by atoms with van der Waals surface area (Å²) in [4.78, 5) is 0. The number of hydrogen-bond donors (Lipinski definition) is 2. The van der Waals surface area contributed by atoms with Crippen molar-refractivity contribution in [3.05, 3.63) is 34.9 Å². The van der Waals surface area contributed by atoms with E-state index in [1.807, 2.05) is 0 Å². The number of hydrogen-bond acceptors (Lipinski definition) is 2. The zero-order valence-corrected chi connectivity index (χ0v) is 11.7. The largest absolute Gasteiger partial charge is 0.329 e. The molecule has 0 heterocycles. The van der Waals surface area contributed by atoms with Gasteiger partial charge in [0.2, 0.25) is 0 Å². The fourth-order valence-corrected chi connectivity index (χ4v) is 2.78. The van der Waals surface area contributed by atoms with Gasteiger partial charge in [0.1, 0.15) is 0 Å². The van der Waals surface area contributed by atoms with Gasteiger partial charge in [-0.05, 0) is 43.9 Å². The topological polar surface area (TPSA) is 38.0 Å². The highest BCUT2D eigenvalue weighted by atomic mass is 14.9. The third-order valence-electron chi connectivity index (χ3n) is 4.20. The van der Waals surface area contributed by atoms with Crippen LogP contribution >= 0.6 is 0 Å². The predicted molar refractivity (Wildman–Crippen MR) is 77.7 cm³/mol. The second kappa shape index (κ2) is 6.35. The van der Waals surface area contributed by atoms with Crippen molar-refractivity contribution in [2.75, 3.05) is 13.1 Å². The minimum atomic E-state index is 0.311. The van der Waals surface area contributed by atoms with Crippen LogP contribution in [0.15, 0.2) is 18.2 Å². The lowest BCUT2D eigenvalue weighted by Gasteiger charge is -2.27. The quantitative estimate of drug-likeness (QED) is 0.809. The first kappa shape index (κ1) is 13.6. The normalized spacial score (nSPS) is 17.5. The number of aryl methyl sites for hydroxylation is 2. The molecule has 1 aromatic rings. The lowest BCUT2D eigenvalue weighted by Crippen LogP contribution is -2.31. The van der Waals surface area contributed by atoms with Crippen LogP contribution in [0, 0.1) is 19.8 Å². The van der Waals surface area contributed by atoms with Gasteiger partial charge in [0.25, 0.3) is 0 Å². The van der Waals surface area contributed by atoms with Crippen molar-refractivity contribution in [3.8, 4) is 0 Å². The Hall–Kier alpha value is -0.860. The molecule has 2 nitrogen and oxygen atoms in total. The van der Waals surface area contributed by atoms with E-state index in [4.69, 9.17) is 5.73 Å². The highest BCUT2D eigenvalue weighted by Gasteiger charge is 2.18. The molecule has 0 saturated heterocycles. The third kappa shape index (κ3) is 3.33. The van der Waals surface area contributed by atoms with Crippen molar-refractivity contribution in [1.29, 1.82) is 0 Å².